The number of hydrogen-bond donors (Lipinski definition) is 8. The lowest BCUT2D eigenvalue weighted by Crippen LogP contribution is -2.49. The van der Waals surface area contributed by atoms with Gasteiger partial charge in [-0.15, -0.1) is 0 Å². The average Bonchev–Trinajstić information content (AvgIpc) is 2.77. The van der Waals surface area contributed by atoms with Crippen LogP contribution in [0.25, 0.3) is 0 Å². The molecule has 0 saturated heterocycles. The summed E-state index contributed by atoms with van der Waals surface area (Å²) in [5, 5.41) is 77.2. The topological polar surface area (TPSA) is 162 Å². The Hall–Kier alpha value is -0.450. The third-order valence-electron chi connectivity index (χ3n) is 4.38. The summed E-state index contributed by atoms with van der Waals surface area (Å²) in [4.78, 5) is 0. The molecule has 8 atom stereocenters. The van der Waals surface area contributed by atoms with Gasteiger partial charge < -0.3 is 40.9 Å². The largest absolute Gasteiger partial charge is 0.392 e. The van der Waals surface area contributed by atoms with Gasteiger partial charge in [-0.2, -0.15) is 0 Å². The highest BCUT2D eigenvalue weighted by molar-refractivity contribution is 5.11. The summed E-state index contributed by atoms with van der Waals surface area (Å²) < 4.78 is 0. The molecule has 0 aromatic carbocycles. The van der Waals surface area contributed by atoms with E-state index in [0.29, 0.717) is 5.92 Å². The van der Waals surface area contributed by atoms with E-state index in [1.54, 1.807) is 6.92 Å². The van der Waals surface area contributed by atoms with Gasteiger partial charge in [0.15, 0.2) is 5.92 Å². The van der Waals surface area contributed by atoms with Crippen LogP contribution in [0.15, 0.2) is 0 Å². The minimum absolute atomic E-state index is 0.0758. The summed E-state index contributed by atoms with van der Waals surface area (Å²) in [6.07, 6.45) is -9.83. The lowest BCUT2D eigenvalue weighted by Gasteiger charge is -2.28. The van der Waals surface area contributed by atoms with Gasteiger partial charge in [-0.3, -0.25) is 0 Å². The highest BCUT2D eigenvalue weighted by atomic mass is 16.4. The van der Waals surface area contributed by atoms with Crippen LogP contribution in [0.1, 0.15) is 26.2 Å². The molecule has 0 amide bonds. The molecule has 8 nitrogen and oxygen atoms in total. The molecule has 0 heterocycles. The van der Waals surface area contributed by atoms with Crippen molar-refractivity contribution < 1.29 is 40.9 Å². The maximum Gasteiger partial charge on any atom is 0.152 e. The van der Waals surface area contributed by atoms with Gasteiger partial charge in [0.25, 0.3) is 0 Å². The van der Waals surface area contributed by atoms with Crippen LogP contribution in [-0.2, 0) is 0 Å². The van der Waals surface area contributed by atoms with Crippen LogP contribution in [-0.4, -0.2) is 90.2 Å². The van der Waals surface area contributed by atoms with Crippen molar-refractivity contribution in [2.75, 3.05) is 6.61 Å². The molecule has 0 aromatic rings. The molecule has 8 N–H and O–H groups in total. The van der Waals surface area contributed by atoms with Crippen molar-refractivity contribution in [2.45, 2.75) is 68.9 Å². The van der Waals surface area contributed by atoms with Crippen LogP contribution in [0.2, 0.25) is 0 Å². The standard InChI is InChI=1S/C14H27O8/c1-2-8(16)12(20)14(22)13(21)10(18)4-6-3-9(17)11(19)7(6)5-15/h7-22H,2-5H2,1H3/q+1. The van der Waals surface area contributed by atoms with Crippen molar-refractivity contribution >= 4 is 0 Å². The molecule has 0 aliphatic heterocycles. The highest BCUT2D eigenvalue weighted by Crippen LogP contribution is 2.37. The van der Waals surface area contributed by atoms with Crippen LogP contribution in [0.5, 0.6) is 0 Å². The predicted octanol–water partition coefficient (Wildman–Crippen LogP) is -3.10. The second kappa shape index (κ2) is 8.42. The van der Waals surface area contributed by atoms with Crippen molar-refractivity contribution in [1.29, 1.82) is 0 Å². The van der Waals surface area contributed by atoms with Crippen molar-refractivity contribution in [3.8, 4) is 0 Å². The molecule has 0 radical (unpaired) electrons. The van der Waals surface area contributed by atoms with Crippen molar-refractivity contribution in [3.63, 3.8) is 0 Å². The second-order valence-corrected chi connectivity index (χ2v) is 5.93. The zero-order valence-electron chi connectivity index (χ0n) is 12.5. The molecule has 1 aliphatic carbocycles. The van der Waals surface area contributed by atoms with Crippen molar-refractivity contribution in [3.05, 3.63) is 5.92 Å². The maximum absolute atomic E-state index is 9.97. The minimum atomic E-state index is -1.74. The Bertz CT molecular complexity index is 328. The van der Waals surface area contributed by atoms with Gasteiger partial charge in [-0.1, -0.05) is 6.92 Å². The normalized spacial score (nSPS) is 32.6. The molecule has 1 aliphatic rings. The smallest absolute Gasteiger partial charge is 0.152 e. The Balaban J connectivity index is 2.62. The summed E-state index contributed by atoms with van der Waals surface area (Å²) in [6.45, 7) is 1.18. The zero-order valence-corrected chi connectivity index (χ0v) is 12.5. The highest BCUT2D eigenvalue weighted by Gasteiger charge is 2.52. The fourth-order valence-corrected chi connectivity index (χ4v) is 2.81. The Kier molecular flexibility index (Phi) is 7.50. The molecular formula is C14H27O8+. The van der Waals surface area contributed by atoms with Gasteiger partial charge >= 0.3 is 0 Å². The molecule has 130 valence electrons. The van der Waals surface area contributed by atoms with Crippen molar-refractivity contribution in [2.24, 2.45) is 5.92 Å². The van der Waals surface area contributed by atoms with Crippen LogP contribution in [0.4, 0.5) is 0 Å². The predicted molar refractivity (Wildman–Crippen MR) is 75.4 cm³/mol. The first kappa shape index (κ1) is 19.6. The Morgan fingerprint density at radius 3 is 2.00 bits per heavy atom. The average molecular weight is 323 g/mol. The van der Waals surface area contributed by atoms with Crippen LogP contribution in [0, 0.1) is 11.8 Å². The van der Waals surface area contributed by atoms with Gasteiger partial charge in [0.1, 0.15) is 55.4 Å². The van der Waals surface area contributed by atoms with Crippen LogP contribution >= 0.6 is 0 Å². The van der Waals surface area contributed by atoms with Gasteiger partial charge in [-0.25, -0.2) is 0 Å². The van der Waals surface area contributed by atoms with E-state index in [4.69, 9.17) is 0 Å². The molecule has 0 aromatic heterocycles. The summed E-state index contributed by atoms with van der Waals surface area (Å²) in [6, 6.07) is 0. The maximum atomic E-state index is 9.97. The summed E-state index contributed by atoms with van der Waals surface area (Å²) in [5.74, 6) is -0.230. The number of hydrogen-bond acceptors (Lipinski definition) is 8. The summed E-state index contributed by atoms with van der Waals surface area (Å²) in [5.41, 5.74) is 0. The molecule has 1 saturated carbocycles. The van der Waals surface area contributed by atoms with E-state index in [2.05, 4.69) is 0 Å². The number of aliphatic hydroxyl groups is 8. The Labute approximate surface area is 129 Å². The number of rotatable bonds is 8. The van der Waals surface area contributed by atoms with E-state index < -0.39 is 55.3 Å². The summed E-state index contributed by atoms with van der Waals surface area (Å²) >= 11 is 0. The molecule has 1 fully saturated rings. The molecular weight excluding hydrogens is 296 g/mol. The zero-order chi connectivity index (χ0) is 17.0. The van der Waals surface area contributed by atoms with E-state index in [9.17, 15) is 40.9 Å². The Morgan fingerprint density at radius 2 is 1.50 bits per heavy atom. The molecule has 0 spiro atoms. The third-order valence-corrected chi connectivity index (χ3v) is 4.38. The Morgan fingerprint density at radius 1 is 0.955 bits per heavy atom. The van der Waals surface area contributed by atoms with E-state index in [-0.39, 0.29) is 19.3 Å². The van der Waals surface area contributed by atoms with E-state index >= 15 is 0 Å². The lowest BCUT2D eigenvalue weighted by atomic mass is 9.87. The fraction of sp³-hybridized carbons (Fsp3) is 0.929. The third kappa shape index (κ3) is 4.30. The first-order chi connectivity index (χ1) is 10.2. The number of aliphatic hydroxyl groups excluding tert-OH is 8. The van der Waals surface area contributed by atoms with E-state index in [0.717, 1.165) is 0 Å². The minimum Gasteiger partial charge on any atom is -0.392 e. The SMILES string of the molecule is CCC(O)C(O)C(O)C(O)C(O)C[C+]1CC(O)C(O)C1CO. The van der Waals surface area contributed by atoms with E-state index in [1.807, 2.05) is 0 Å². The van der Waals surface area contributed by atoms with Crippen LogP contribution in [0.3, 0.4) is 0 Å². The molecule has 0 bridgehead atoms. The van der Waals surface area contributed by atoms with Crippen molar-refractivity contribution in [1.82, 2.24) is 0 Å². The monoisotopic (exact) mass is 323 g/mol. The first-order valence-electron chi connectivity index (χ1n) is 7.46. The molecule has 8 heteroatoms. The molecule has 22 heavy (non-hydrogen) atoms. The first-order valence-corrected chi connectivity index (χ1v) is 7.46. The fourth-order valence-electron chi connectivity index (χ4n) is 2.81. The van der Waals surface area contributed by atoms with Crippen LogP contribution < -0.4 is 0 Å². The molecule has 8 unspecified atom stereocenters. The van der Waals surface area contributed by atoms with Gasteiger partial charge in [-0.05, 0) is 6.42 Å². The van der Waals surface area contributed by atoms with E-state index in [1.165, 1.54) is 0 Å². The van der Waals surface area contributed by atoms with Gasteiger partial charge in [0.2, 0.25) is 0 Å². The van der Waals surface area contributed by atoms with Gasteiger partial charge in [0.05, 0.1) is 12.7 Å². The summed E-state index contributed by atoms with van der Waals surface area (Å²) in [7, 11) is 0. The quantitative estimate of drug-likeness (QED) is 0.218. The lowest BCUT2D eigenvalue weighted by molar-refractivity contribution is -0.134. The second-order valence-electron chi connectivity index (χ2n) is 5.93. The van der Waals surface area contributed by atoms with Gasteiger partial charge in [0, 0.05) is 0 Å². The molecule has 1 rings (SSSR count).